The quantitative estimate of drug-likeness (QED) is 0.781. The molecule has 1 unspecified atom stereocenters. The summed E-state index contributed by atoms with van der Waals surface area (Å²) in [5, 5.41) is 15.0. The van der Waals surface area contributed by atoms with Gasteiger partial charge in [0.25, 0.3) is 0 Å². The predicted molar refractivity (Wildman–Crippen MR) is 91.0 cm³/mol. The van der Waals surface area contributed by atoms with Crippen LogP contribution in [0.5, 0.6) is 11.5 Å². The number of hydrogen-bond donors (Lipinski definition) is 3. The van der Waals surface area contributed by atoms with Crippen LogP contribution in [0.3, 0.4) is 0 Å². The zero-order chi connectivity index (χ0) is 16.8. The number of anilines is 1. The van der Waals surface area contributed by atoms with E-state index in [1.54, 1.807) is 18.2 Å². The molecule has 0 aliphatic rings. The van der Waals surface area contributed by atoms with E-state index in [9.17, 15) is 9.90 Å². The third-order valence-electron chi connectivity index (χ3n) is 3.38. The SMILES string of the molecule is CCOc1ccc(C)cc1C(C)NC(=O)Nc1cccc(O)c1. The number of phenolic OH excluding ortho intramolecular Hbond substituents is 1. The summed E-state index contributed by atoms with van der Waals surface area (Å²) >= 11 is 0. The molecule has 0 heterocycles. The molecule has 2 aromatic rings. The number of carbonyl (C=O) groups excluding carboxylic acids is 1. The Bertz CT molecular complexity index is 686. The number of hydrogen-bond acceptors (Lipinski definition) is 3. The fourth-order valence-corrected chi connectivity index (χ4v) is 2.32. The molecule has 0 saturated heterocycles. The lowest BCUT2D eigenvalue weighted by Crippen LogP contribution is -2.31. The molecule has 5 heteroatoms. The Morgan fingerprint density at radius 1 is 1.26 bits per heavy atom. The molecule has 0 saturated carbocycles. The van der Waals surface area contributed by atoms with Gasteiger partial charge in [-0.15, -0.1) is 0 Å². The van der Waals surface area contributed by atoms with Crippen molar-refractivity contribution in [1.82, 2.24) is 5.32 Å². The molecule has 0 fully saturated rings. The van der Waals surface area contributed by atoms with Gasteiger partial charge in [-0.3, -0.25) is 0 Å². The first-order chi connectivity index (χ1) is 11.0. The second-order valence-corrected chi connectivity index (χ2v) is 5.34. The summed E-state index contributed by atoms with van der Waals surface area (Å²) in [6.45, 7) is 6.40. The molecule has 0 aliphatic carbocycles. The number of amides is 2. The van der Waals surface area contributed by atoms with Crippen molar-refractivity contribution in [2.24, 2.45) is 0 Å². The predicted octanol–water partition coefficient (Wildman–Crippen LogP) is 3.98. The van der Waals surface area contributed by atoms with Crippen molar-refractivity contribution < 1.29 is 14.6 Å². The van der Waals surface area contributed by atoms with Crippen molar-refractivity contribution >= 4 is 11.7 Å². The summed E-state index contributed by atoms with van der Waals surface area (Å²) in [4.78, 5) is 12.1. The molecule has 5 nitrogen and oxygen atoms in total. The van der Waals surface area contributed by atoms with E-state index in [1.165, 1.54) is 6.07 Å². The second-order valence-electron chi connectivity index (χ2n) is 5.34. The Kier molecular flexibility index (Phi) is 5.46. The first kappa shape index (κ1) is 16.7. The van der Waals surface area contributed by atoms with Crippen LogP contribution in [-0.2, 0) is 0 Å². The van der Waals surface area contributed by atoms with Gasteiger partial charge in [0.2, 0.25) is 0 Å². The molecule has 122 valence electrons. The van der Waals surface area contributed by atoms with E-state index in [4.69, 9.17) is 4.74 Å². The number of benzene rings is 2. The van der Waals surface area contributed by atoms with E-state index in [0.717, 1.165) is 16.9 Å². The fourth-order valence-electron chi connectivity index (χ4n) is 2.32. The lowest BCUT2D eigenvalue weighted by molar-refractivity contribution is 0.249. The number of ether oxygens (including phenoxy) is 1. The van der Waals surface area contributed by atoms with Crippen LogP contribution in [0, 0.1) is 6.92 Å². The Labute approximate surface area is 136 Å². The van der Waals surface area contributed by atoms with Crippen molar-refractivity contribution in [3.05, 3.63) is 53.6 Å². The van der Waals surface area contributed by atoms with Gasteiger partial charge in [-0.2, -0.15) is 0 Å². The van der Waals surface area contributed by atoms with E-state index < -0.39 is 0 Å². The minimum atomic E-state index is -0.341. The summed E-state index contributed by atoms with van der Waals surface area (Å²) in [7, 11) is 0. The Morgan fingerprint density at radius 2 is 2.04 bits per heavy atom. The van der Waals surface area contributed by atoms with Crippen molar-refractivity contribution in [1.29, 1.82) is 0 Å². The number of nitrogens with one attached hydrogen (secondary N) is 2. The maximum Gasteiger partial charge on any atom is 0.319 e. The highest BCUT2D eigenvalue weighted by Gasteiger charge is 2.14. The fraction of sp³-hybridized carbons (Fsp3) is 0.278. The van der Waals surface area contributed by atoms with E-state index in [1.807, 2.05) is 39.0 Å². The lowest BCUT2D eigenvalue weighted by atomic mass is 10.0. The summed E-state index contributed by atoms with van der Waals surface area (Å²) in [6, 6.07) is 11.8. The average molecular weight is 314 g/mol. The van der Waals surface area contributed by atoms with Gasteiger partial charge in [0.05, 0.1) is 12.6 Å². The van der Waals surface area contributed by atoms with Gasteiger partial charge in [-0.1, -0.05) is 23.8 Å². The first-order valence-corrected chi connectivity index (χ1v) is 7.59. The van der Waals surface area contributed by atoms with E-state index >= 15 is 0 Å². The average Bonchev–Trinajstić information content (AvgIpc) is 2.49. The Morgan fingerprint density at radius 3 is 2.74 bits per heavy atom. The van der Waals surface area contributed by atoms with Crippen LogP contribution in [0.2, 0.25) is 0 Å². The minimum absolute atomic E-state index is 0.105. The molecule has 2 amide bonds. The highest BCUT2D eigenvalue weighted by molar-refractivity contribution is 5.89. The molecular weight excluding hydrogens is 292 g/mol. The van der Waals surface area contributed by atoms with Gasteiger partial charge in [-0.25, -0.2) is 4.79 Å². The van der Waals surface area contributed by atoms with Gasteiger partial charge >= 0.3 is 6.03 Å². The molecule has 3 N–H and O–H groups in total. The lowest BCUT2D eigenvalue weighted by Gasteiger charge is -2.19. The van der Waals surface area contributed by atoms with Crippen LogP contribution >= 0.6 is 0 Å². The van der Waals surface area contributed by atoms with Gasteiger partial charge in [0.1, 0.15) is 11.5 Å². The highest BCUT2D eigenvalue weighted by Crippen LogP contribution is 2.26. The molecule has 0 aromatic heterocycles. The third kappa shape index (κ3) is 4.64. The summed E-state index contributed by atoms with van der Waals surface area (Å²) < 4.78 is 5.62. The Balaban J connectivity index is 2.07. The van der Waals surface area contributed by atoms with E-state index in [-0.39, 0.29) is 17.8 Å². The molecule has 2 aromatic carbocycles. The Hall–Kier alpha value is -2.69. The van der Waals surface area contributed by atoms with Crippen LogP contribution in [0.4, 0.5) is 10.5 Å². The normalized spacial score (nSPS) is 11.6. The summed E-state index contributed by atoms with van der Waals surface area (Å²) in [6.07, 6.45) is 0. The smallest absolute Gasteiger partial charge is 0.319 e. The molecule has 2 rings (SSSR count). The van der Waals surface area contributed by atoms with Gasteiger partial charge < -0.3 is 20.5 Å². The largest absolute Gasteiger partial charge is 0.508 e. The standard InChI is InChI=1S/C18H22N2O3/c1-4-23-17-9-8-12(2)10-16(17)13(3)19-18(22)20-14-6-5-7-15(21)11-14/h5-11,13,21H,4H2,1-3H3,(H2,19,20,22). The molecule has 0 bridgehead atoms. The summed E-state index contributed by atoms with van der Waals surface area (Å²) in [5.41, 5.74) is 2.56. The monoisotopic (exact) mass is 314 g/mol. The van der Waals surface area contributed by atoms with Crippen molar-refractivity contribution in [3.8, 4) is 11.5 Å². The molecule has 23 heavy (non-hydrogen) atoms. The van der Waals surface area contributed by atoms with Gasteiger partial charge in [0.15, 0.2) is 0 Å². The number of aromatic hydroxyl groups is 1. The third-order valence-corrected chi connectivity index (χ3v) is 3.38. The van der Waals surface area contributed by atoms with E-state index in [2.05, 4.69) is 10.6 Å². The number of urea groups is 1. The van der Waals surface area contributed by atoms with Crippen LogP contribution in [0.1, 0.15) is 31.0 Å². The zero-order valence-corrected chi connectivity index (χ0v) is 13.6. The van der Waals surface area contributed by atoms with Crippen molar-refractivity contribution in [2.75, 3.05) is 11.9 Å². The van der Waals surface area contributed by atoms with Crippen LogP contribution in [-0.4, -0.2) is 17.7 Å². The van der Waals surface area contributed by atoms with Gasteiger partial charge in [-0.05, 0) is 39.0 Å². The van der Waals surface area contributed by atoms with E-state index in [0.29, 0.717) is 12.3 Å². The number of carbonyl (C=O) groups is 1. The topological polar surface area (TPSA) is 70.6 Å². The van der Waals surface area contributed by atoms with Crippen LogP contribution < -0.4 is 15.4 Å². The molecule has 0 spiro atoms. The molecular formula is C18H22N2O3. The maximum absolute atomic E-state index is 12.1. The van der Waals surface area contributed by atoms with Crippen molar-refractivity contribution in [3.63, 3.8) is 0 Å². The minimum Gasteiger partial charge on any atom is -0.508 e. The van der Waals surface area contributed by atoms with Crippen LogP contribution in [0.25, 0.3) is 0 Å². The van der Waals surface area contributed by atoms with Crippen LogP contribution in [0.15, 0.2) is 42.5 Å². The maximum atomic E-state index is 12.1. The number of rotatable bonds is 5. The highest BCUT2D eigenvalue weighted by atomic mass is 16.5. The first-order valence-electron chi connectivity index (χ1n) is 7.59. The van der Waals surface area contributed by atoms with Crippen molar-refractivity contribution in [2.45, 2.75) is 26.8 Å². The zero-order valence-electron chi connectivity index (χ0n) is 13.6. The molecule has 0 aliphatic heterocycles. The molecule has 0 radical (unpaired) electrons. The number of phenols is 1. The molecule has 1 atom stereocenters. The summed E-state index contributed by atoms with van der Waals surface area (Å²) in [5.74, 6) is 0.872. The van der Waals surface area contributed by atoms with Gasteiger partial charge in [0, 0.05) is 17.3 Å². The second kappa shape index (κ2) is 7.54. The number of aryl methyl sites for hydroxylation is 1.